The Kier molecular flexibility index (Phi) is 5.46. The fourth-order valence-corrected chi connectivity index (χ4v) is 5.10. The van der Waals surface area contributed by atoms with Gasteiger partial charge >= 0.3 is 0 Å². The normalized spacial score (nSPS) is 18.3. The van der Waals surface area contributed by atoms with E-state index >= 15 is 0 Å². The molecule has 1 atom stereocenters. The Hall–Kier alpha value is -2.48. The lowest BCUT2D eigenvalue weighted by Gasteiger charge is -2.26. The third-order valence-electron chi connectivity index (χ3n) is 4.78. The number of anilines is 2. The van der Waals surface area contributed by atoms with Crippen LogP contribution in [0.1, 0.15) is 35.0 Å². The zero-order chi connectivity index (χ0) is 19.6. The molecular formula is C19H24N4O3S. The Bertz CT molecular complexity index is 959. The van der Waals surface area contributed by atoms with E-state index in [0.717, 1.165) is 11.3 Å². The van der Waals surface area contributed by atoms with Gasteiger partial charge in [0.05, 0.1) is 11.5 Å². The maximum absolute atomic E-state index is 12.9. The summed E-state index contributed by atoms with van der Waals surface area (Å²) in [6.07, 6.45) is 1.82. The van der Waals surface area contributed by atoms with Crippen LogP contribution in [0.3, 0.4) is 0 Å². The lowest BCUT2D eigenvalue weighted by molar-refractivity contribution is 0.0702. The summed E-state index contributed by atoms with van der Waals surface area (Å²) in [7, 11) is -3.06. The molecule has 1 fully saturated rings. The van der Waals surface area contributed by atoms with Gasteiger partial charge in [-0.2, -0.15) is 0 Å². The molecule has 1 N–H and O–H groups in total. The van der Waals surface area contributed by atoms with Crippen LogP contribution in [0.15, 0.2) is 30.6 Å². The molecule has 0 aliphatic carbocycles. The van der Waals surface area contributed by atoms with E-state index in [-0.39, 0.29) is 29.1 Å². The van der Waals surface area contributed by atoms with Crippen molar-refractivity contribution in [3.8, 4) is 0 Å². The number of nitrogens with zero attached hydrogens (tertiary/aromatic N) is 3. The lowest BCUT2D eigenvalue weighted by Crippen LogP contribution is -2.41. The van der Waals surface area contributed by atoms with Crippen molar-refractivity contribution >= 4 is 27.2 Å². The first-order chi connectivity index (χ1) is 12.8. The average molecular weight is 388 g/mol. The van der Waals surface area contributed by atoms with Crippen LogP contribution in [0.5, 0.6) is 0 Å². The van der Waals surface area contributed by atoms with E-state index in [9.17, 15) is 13.2 Å². The molecule has 1 amide bonds. The van der Waals surface area contributed by atoms with Gasteiger partial charge < -0.3 is 10.2 Å². The quantitative estimate of drug-likeness (QED) is 0.846. The molecule has 1 unspecified atom stereocenters. The standard InChI is InChI=1S/C19H24N4O3S/c1-4-23(15-7-8-27(25,26)11-15)19(24)17-10-18(21-12-20-17)22-16-6-5-13(2)9-14(16)3/h5-6,9-10,12,15H,4,7-8,11H2,1-3H3,(H,20,21,22). The summed E-state index contributed by atoms with van der Waals surface area (Å²) in [6, 6.07) is 7.35. The Morgan fingerprint density at radius 3 is 2.67 bits per heavy atom. The number of amides is 1. The van der Waals surface area contributed by atoms with E-state index in [1.807, 2.05) is 32.9 Å². The van der Waals surface area contributed by atoms with Gasteiger partial charge in [0.25, 0.3) is 5.91 Å². The fourth-order valence-electron chi connectivity index (χ4n) is 3.37. The summed E-state index contributed by atoms with van der Waals surface area (Å²) in [5.74, 6) is 0.400. The van der Waals surface area contributed by atoms with Crippen molar-refractivity contribution < 1.29 is 13.2 Å². The SMILES string of the molecule is CCN(C(=O)c1cc(Nc2ccc(C)cc2C)ncn1)C1CCS(=O)(=O)C1. The van der Waals surface area contributed by atoms with Gasteiger partial charge in [0.2, 0.25) is 0 Å². The van der Waals surface area contributed by atoms with Crippen molar-refractivity contribution in [2.75, 3.05) is 23.4 Å². The molecule has 144 valence electrons. The van der Waals surface area contributed by atoms with Crippen molar-refractivity contribution in [1.29, 1.82) is 0 Å². The molecule has 1 aromatic carbocycles. The molecule has 0 bridgehead atoms. The van der Waals surface area contributed by atoms with Gasteiger partial charge in [-0.25, -0.2) is 18.4 Å². The van der Waals surface area contributed by atoms with Gasteiger partial charge in [0.1, 0.15) is 17.8 Å². The van der Waals surface area contributed by atoms with Crippen LogP contribution in [0.4, 0.5) is 11.5 Å². The zero-order valence-electron chi connectivity index (χ0n) is 15.8. The van der Waals surface area contributed by atoms with Crippen LogP contribution in [0.2, 0.25) is 0 Å². The number of aromatic nitrogens is 2. The minimum atomic E-state index is -3.06. The Morgan fingerprint density at radius 1 is 1.26 bits per heavy atom. The fraction of sp³-hybridized carbons (Fsp3) is 0.421. The molecule has 7 nitrogen and oxygen atoms in total. The highest BCUT2D eigenvalue weighted by Crippen LogP contribution is 2.22. The number of aryl methyl sites for hydroxylation is 2. The molecule has 2 heterocycles. The molecule has 0 spiro atoms. The Morgan fingerprint density at radius 2 is 2.04 bits per heavy atom. The third-order valence-corrected chi connectivity index (χ3v) is 6.53. The van der Waals surface area contributed by atoms with Crippen molar-refractivity contribution in [2.24, 2.45) is 0 Å². The number of hydrogen-bond acceptors (Lipinski definition) is 6. The van der Waals surface area contributed by atoms with Gasteiger partial charge in [-0.15, -0.1) is 0 Å². The number of carbonyl (C=O) groups is 1. The molecule has 2 aromatic rings. The van der Waals surface area contributed by atoms with Crippen LogP contribution in [0.25, 0.3) is 0 Å². The number of carbonyl (C=O) groups excluding carboxylic acids is 1. The largest absolute Gasteiger partial charge is 0.340 e. The summed E-state index contributed by atoms with van der Waals surface area (Å²) in [5, 5.41) is 3.22. The van der Waals surface area contributed by atoms with E-state index in [1.165, 1.54) is 11.9 Å². The highest BCUT2D eigenvalue weighted by atomic mass is 32.2. The first kappa shape index (κ1) is 19.3. The highest BCUT2D eigenvalue weighted by Gasteiger charge is 2.34. The number of sulfone groups is 1. The van der Waals surface area contributed by atoms with E-state index in [2.05, 4.69) is 21.4 Å². The van der Waals surface area contributed by atoms with Crippen molar-refractivity contribution in [2.45, 2.75) is 33.2 Å². The van der Waals surface area contributed by atoms with Gasteiger partial charge in [0, 0.05) is 24.3 Å². The first-order valence-corrected chi connectivity index (χ1v) is 10.8. The van der Waals surface area contributed by atoms with Gasteiger partial charge in [0.15, 0.2) is 9.84 Å². The minimum Gasteiger partial charge on any atom is -0.340 e. The second-order valence-electron chi connectivity index (χ2n) is 6.88. The third kappa shape index (κ3) is 4.44. The van der Waals surface area contributed by atoms with Crippen molar-refractivity contribution in [1.82, 2.24) is 14.9 Å². The molecular weight excluding hydrogens is 364 g/mol. The van der Waals surface area contributed by atoms with Crippen LogP contribution in [-0.4, -0.2) is 53.3 Å². The van der Waals surface area contributed by atoms with E-state index in [1.54, 1.807) is 11.0 Å². The van der Waals surface area contributed by atoms with Crippen LogP contribution in [-0.2, 0) is 9.84 Å². The molecule has 27 heavy (non-hydrogen) atoms. The number of rotatable bonds is 5. The summed E-state index contributed by atoms with van der Waals surface area (Å²) in [5.41, 5.74) is 3.41. The molecule has 1 saturated heterocycles. The van der Waals surface area contributed by atoms with E-state index < -0.39 is 9.84 Å². The molecule has 3 rings (SSSR count). The second-order valence-corrected chi connectivity index (χ2v) is 9.11. The van der Waals surface area contributed by atoms with Crippen molar-refractivity contribution in [3.63, 3.8) is 0 Å². The molecule has 8 heteroatoms. The summed E-state index contributed by atoms with van der Waals surface area (Å²) in [4.78, 5) is 22.8. The van der Waals surface area contributed by atoms with E-state index in [0.29, 0.717) is 18.8 Å². The van der Waals surface area contributed by atoms with E-state index in [4.69, 9.17) is 0 Å². The lowest BCUT2D eigenvalue weighted by atomic mass is 10.1. The predicted molar refractivity (Wildman–Crippen MR) is 105 cm³/mol. The maximum Gasteiger partial charge on any atom is 0.272 e. The minimum absolute atomic E-state index is 0.0192. The Labute approximate surface area is 159 Å². The molecule has 1 aliphatic heterocycles. The zero-order valence-corrected chi connectivity index (χ0v) is 16.6. The number of benzene rings is 1. The molecule has 0 saturated carbocycles. The predicted octanol–water partition coefficient (Wildman–Crippen LogP) is 2.49. The van der Waals surface area contributed by atoms with Crippen molar-refractivity contribution in [3.05, 3.63) is 47.4 Å². The van der Waals surface area contributed by atoms with Crippen LogP contribution < -0.4 is 5.32 Å². The van der Waals surface area contributed by atoms with Gasteiger partial charge in [-0.05, 0) is 38.8 Å². The van der Waals surface area contributed by atoms with Crippen LogP contribution >= 0.6 is 0 Å². The number of nitrogens with one attached hydrogen (secondary N) is 1. The molecule has 1 aromatic heterocycles. The van der Waals surface area contributed by atoms with Crippen LogP contribution in [0, 0.1) is 13.8 Å². The summed E-state index contributed by atoms with van der Waals surface area (Å²) in [6.45, 7) is 6.31. The Balaban J connectivity index is 1.80. The summed E-state index contributed by atoms with van der Waals surface area (Å²) >= 11 is 0. The molecule has 0 radical (unpaired) electrons. The van der Waals surface area contributed by atoms with Gasteiger partial charge in [-0.3, -0.25) is 4.79 Å². The van der Waals surface area contributed by atoms with Gasteiger partial charge in [-0.1, -0.05) is 17.7 Å². The second kappa shape index (κ2) is 7.64. The average Bonchev–Trinajstić information content (AvgIpc) is 2.98. The first-order valence-electron chi connectivity index (χ1n) is 8.97. The number of hydrogen-bond donors (Lipinski definition) is 1. The molecule has 1 aliphatic rings. The maximum atomic E-state index is 12.9. The monoisotopic (exact) mass is 388 g/mol. The smallest absolute Gasteiger partial charge is 0.272 e. The topological polar surface area (TPSA) is 92.3 Å². The highest BCUT2D eigenvalue weighted by molar-refractivity contribution is 7.91. The summed E-state index contributed by atoms with van der Waals surface area (Å²) < 4.78 is 23.5.